The molecule has 0 saturated heterocycles. The van der Waals surface area contributed by atoms with Gasteiger partial charge < -0.3 is 4.57 Å². The van der Waals surface area contributed by atoms with Gasteiger partial charge in [0.05, 0.1) is 11.0 Å². The largest absolute Gasteiger partial charge is 0.309 e. The Labute approximate surface area is 148 Å². The van der Waals surface area contributed by atoms with Gasteiger partial charge in [0.15, 0.2) is 0 Å². The number of hydrogen-bond acceptors (Lipinski definition) is 0. The Morgan fingerprint density at radius 3 is 2.12 bits per heavy atom. The Morgan fingerprint density at radius 1 is 0.583 bits per heavy atom. The molecule has 0 saturated carbocycles. The summed E-state index contributed by atoms with van der Waals surface area (Å²) in [5.74, 6) is 0. The first-order valence-corrected chi connectivity index (χ1v) is 8.79. The fourth-order valence-electron chi connectivity index (χ4n) is 3.61. The predicted molar refractivity (Wildman–Crippen MR) is 106 cm³/mol. The topological polar surface area (TPSA) is 4.93 Å². The molecule has 0 fully saturated rings. The average molecular weight is 372 g/mol. The van der Waals surface area contributed by atoms with Crippen molar-refractivity contribution in [2.45, 2.75) is 0 Å². The van der Waals surface area contributed by atoms with Gasteiger partial charge >= 0.3 is 0 Å². The van der Waals surface area contributed by atoms with Crippen LogP contribution in [-0.4, -0.2) is 4.57 Å². The highest BCUT2D eigenvalue weighted by molar-refractivity contribution is 9.10. The maximum atomic E-state index is 3.53. The van der Waals surface area contributed by atoms with Crippen molar-refractivity contribution in [3.05, 3.63) is 89.4 Å². The zero-order valence-corrected chi connectivity index (χ0v) is 14.5. The number of aromatic nitrogens is 1. The molecular formula is C22H14BrN. The van der Waals surface area contributed by atoms with Crippen molar-refractivity contribution in [3.8, 4) is 5.69 Å². The molecule has 1 aromatic heterocycles. The summed E-state index contributed by atoms with van der Waals surface area (Å²) in [6.45, 7) is 0. The first kappa shape index (κ1) is 13.8. The third-order valence-corrected chi connectivity index (χ3v) is 5.18. The van der Waals surface area contributed by atoms with Gasteiger partial charge in [0, 0.05) is 20.9 Å². The van der Waals surface area contributed by atoms with Crippen molar-refractivity contribution >= 4 is 48.5 Å². The van der Waals surface area contributed by atoms with Gasteiger partial charge in [-0.1, -0.05) is 64.5 Å². The van der Waals surface area contributed by atoms with Crippen LogP contribution in [0.3, 0.4) is 0 Å². The molecule has 1 nitrogen and oxygen atoms in total. The van der Waals surface area contributed by atoms with Crippen molar-refractivity contribution in [2.24, 2.45) is 0 Å². The van der Waals surface area contributed by atoms with Gasteiger partial charge in [-0.2, -0.15) is 0 Å². The Morgan fingerprint density at radius 2 is 1.29 bits per heavy atom. The average Bonchev–Trinajstić information content (AvgIpc) is 2.97. The molecule has 114 valence electrons. The molecule has 0 unspecified atom stereocenters. The summed E-state index contributed by atoms with van der Waals surface area (Å²) in [6.07, 6.45) is 0. The van der Waals surface area contributed by atoms with E-state index < -0.39 is 0 Å². The minimum atomic E-state index is 1.09. The van der Waals surface area contributed by atoms with E-state index in [2.05, 4.69) is 105 Å². The molecule has 0 aliphatic carbocycles. The highest BCUT2D eigenvalue weighted by Crippen LogP contribution is 2.36. The molecular weight excluding hydrogens is 358 g/mol. The molecule has 4 aromatic carbocycles. The third kappa shape index (κ3) is 1.93. The number of para-hydroxylation sites is 1. The van der Waals surface area contributed by atoms with E-state index in [0.29, 0.717) is 0 Å². The number of benzene rings is 4. The van der Waals surface area contributed by atoms with Crippen LogP contribution in [-0.2, 0) is 0 Å². The lowest BCUT2D eigenvalue weighted by atomic mass is 10.0. The molecule has 0 aliphatic heterocycles. The van der Waals surface area contributed by atoms with Crippen LogP contribution in [0.5, 0.6) is 0 Å². The quantitative estimate of drug-likeness (QED) is 0.309. The molecule has 1 heterocycles. The lowest BCUT2D eigenvalue weighted by Gasteiger charge is -2.08. The van der Waals surface area contributed by atoms with Crippen LogP contribution in [0.15, 0.2) is 89.4 Å². The monoisotopic (exact) mass is 371 g/mol. The van der Waals surface area contributed by atoms with Crippen molar-refractivity contribution in [3.63, 3.8) is 0 Å². The summed E-state index contributed by atoms with van der Waals surface area (Å²) in [5, 5.41) is 5.21. The molecule has 0 atom stereocenters. The molecule has 0 radical (unpaired) electrons. The molecule has 5 rings (SSSR count). The maximum Gasteiger partial charge on any atom is 0.0547 e. The van der Waals surface area contributed by atoms with Crippen LogP contribution in [0.1, 0.15) is 0 Å². The molecule has 24 heavy (non-hydrogen) atoms. The van der Waals surface area contributed by atoms with Crippen LogP contribution in [0.2, 0.25) is 0 Å². The minimum absolute atomic E-state index is 1.09. The second-order valence-electron chi connectivity index (χ2n) is 6.01. The van der Waals surface area contributed by atoms with Crippen LogP contribution >= 0.6 is 15.9 Å². The van der Waals surface area contributed by atoms with E-state index in [-0.39, 0.29) is 0 Å². The highest BCUT2D eigenvalue weighted by atomic mass is 79.9. The summed E-state index contributed by atoms with van der Waals surface area (Å²) < 4.78 is 3.45. The predicted octanol–water partition coefficient (Wildman–Crippen LogP) is 6.70. The molecule has 5 aromatic rings. The second-order valence-corrected chi connectivity index (χ2v) is 6.93. The molecule has 0 bridgehead atoms. The Balaban J connectivity index is 2.02. The first-order chi connectivity index (χ1) is 11.8. The fourth-order valence-corrected chi connectivity index (χ4v) is 3.87. The zero-order chi connectivity index (χ0) is 16.1. The molecule has 0 amide bonds. The summed E-state index contributed by atoms with van der Waals surface area (Å²) in [6, 6.07) is 30.2. The summed E-state index contributed by atoms with van der Waals surface area (Å²) in [5.41, 5.74) is 3.67. The number of nitrogens with zero attached hydrogens (tertiary/aromatic N) is 1. The van der Waals surface area contributed by atoms with Gasteiger partial charge in [0.2, 0.25) is 0 Å². The van der Waals surface area contributed by atoms with Gasteiger partial charge in [-0.15, -0.1) is 0 Å². The Bertz CT molecular complexity index is 1200. The lowest BCUT2D eigenvalue weighted by Crippen LogP contribution is -1.93. The van der Waals surface area contributed by atoms with Gasteiger partial charge in [-0.3, -0.25) is 0 Å². The SMILES string of the molecule is Brc1ccc(-n2c3ccccc3c3c4ccccc4ccc32)cc1. The van der Waals surface area contributed by atoms with E-state index in [9.17, 15) is 0 Å². The van der Waals surface area contributed by atoms with E-state index in [1.165, 1.54) is 38.3 Å². The minimum Gasteiger partial charge on any atom is -0.309 e. The number of fused-ring (bicyclic) bond motifs is 5. The van der Waals surface area contributed by atoms with Crippen LogP contribution in [0.25, 0.3) is 38.3 Å². The van der Waals surface area contributed by atoms with E-state index in [4.69, 9.17) is 0 Å². The van der Waals surface area contributed by atoms with Crippen LogP contribution in [0.4, 0.5) is 0 Å². The second kappa shape index (κ2) is 5.22. The maximum absolute atomic E-state index is 3.53. The molecule has 2 heteroatoms. The zero-order valence-electron chi connectivity index (χ0n) is 12.9. The van der Waals surface area contributed by atoms with Crippen molar-refractivity contribution in [1.82, 2.24) is 4.57 Å². The smallest absolute Gasteiger partial charge is 0.0547 e. The first-order valence-electron chi connectivity index (χ1n) is 8.00. The van der Waals surface area contributed by atoms with Crippen LogP contribution < -0.4 is 0 Å². The van der Waals surface area contributed by atoms with E-state index in [0.717, 1.165) is 4.47 Å². The number of rotatable bonds is 1. The lowest BCUT2D eigenvalue weighted by molar-refractivity contribution is 1.18. The number of halogens is 1. The standard InChI is InChI=1S/C22H14BrN/c23-16-10-12-17(13-11-16)24-20-8-4-3-7-19(20)22-18-6-2-1-5-15(18)9-14-21(22)24/h1-14H. The summed E-state index contributed by atoms with van der Waals surface area (Å²) in [7, 11) is 0. The van der Waals surface area contributed by atoms with Gasteiger partial charge in [0.25, 0.3) is 0 Å². The van der Waals surface area contributed by atoms with Crippen molar-refractivity contribution < 1.29 is 0 Å². The van der Waals surface area contributed by atoms with E-state index >= 15 is 0 Å². The summed E-state index contributed by atoms with van der Waals surface area (Å²) in [4.78, 5) is 0. The van der Waals surface area contributed by atoms with Gasteiger partial charge in [-0.05, 0) is 47.2 Å². The number of hydrogen-bond donors (Lipinski definition) is 0. The van der Waals surface area contributed by atoms with E-state index in [1.54, 1.807) is 0 Å². The van der Waals surface area contributed by atoms with Gasteiger partial charge in [0.1, 0.15) is 0 Å². The highest BCUT2D eigenvalue weighted by Gasteiger charge is 2.13. The third-order valence-electron chi connectivity index (χ3n) is 4.65. The van der Waals surface area contributed by atoms with Crippen LogP contribution in [0, 0.1) is 0 Å². The fraction of sp³-hybridized carbons (Fsp3) is 0. The summed E-state index contributed by atoms with van der Waals surface area (Å²) >= 11 is 3.53. The van der Waals surface area contributed by atoms with Crippen molar-refractivity contribution in [2.75, 3.05) is 0 Å². The Hall–Kier alpha value is -2.58. The van der Waals surface area contributed by atoms with Gasteiger partial charge in [-0.25, -0.2) is 0 Å². The van der Waals surface area contributed by atoms with Crippen molar-refractivity contribution in [1.29, 1.82) is 0 Å². The molecule has 0 spiro atoms. The van der Waals surface area contributed by atoms with E-state index in [1.807, 2.05) is 0 Å². The Kier molecular flexibility index (Phi) is 3.00. The molecule has 0 aliphatic rings. The normalized spacial score (nSPS) is 11.5. The molecule has 0 N–H and O–H groups in total.